The number of benzene rings is 7. The van der Waals surface area contributed by atoms with E-state index >= 15 is 0 Å². The standard InChI is InChI=1S/C43H31NO2/c1-2-14-29(15-3-1)44(30-22-23-34-36-20-10-19-32(27-11-4-5-12-27)43(36)46-39(34)25-30)37-26-40-42(35-18-9-8-17-33(35)37)41-31-16-7-6-13-28(31)21-24-38(41)45-40/h1-3,6-10,13-27H,4-5,11-12H2. The van der Waals surface area contributed by atoms with E-state index in [4.69, 9.17) is 8.83 Å². The summed E-state index contributed by atoms with van der Waals surface area (Å²) in [7, 11) is 0. The summed E-state index contributed by atoms with van der Waals surface area (Å²) in [5.41, 5.74) is 8.31. The molecule has 0 spiro atoms. The van der Waals surface area contributed by atoms with E-state index in [2.05, 4.69) is 138 Å². The third-order valence-corrected chi connectivity index (χ3v) is 10.2. The van der Waals surface area contributed by atoms with Crippen molar-refractivity contribution < 1.29 is 8.83 Å². The Kier molecular flexibility index (Phi) is 5.59. The van der Waals surface area contributed by atoms with E-state index in [0.29, 0.717) is 5.92 Å². The lowest BCUT2D eigenvalue weighted by atomic mass is 9.95. The summed E-state index contributed by atoms with van der Waals surface area (Å²) in [6, 6.07) is 47.8. The summed E-state index contributed by atoms with van der Waals surface area (Å²) in [5.74, 6) is 0.587. The molecule has 3 nitrogen and oxygen atoms in total. The molecule has 220 valence electrons. The molecule has 46 heavy (non-hydrogen) atoms. The second-order valence-corrected chi connectivity index (χ2v) is 12.7. The second kappa shape index (κ2) is 9.98. The molecule has 0 aliphatic heterocycles. The van der Waals surface area contributed by atoms with Gasteiger partial charge in [-0.25, -0.2) is 0 Å². The highest BCUT2D eigenvalue weighted by Gasteiger charge is 2.24. The van der Waals surface area contributed by atoms with Gasteiger partial charge < -0.3 is 13.7 Å². The van der Waals surface area contributed by atoms with E-state index in [9.17, 15) is 0 Å². The lowest BCUT2D eigenvalue weighted by Gasteiger charge is -2.27. The van der Waals surface area contributed by atoms with E-state index in [1.807, 2.05) is 0 Å². The van der Waals surface area contributed by atoms with Crippen LogP contribution in [0, 0.1) is 0 Å². The van der Waals surface area contributed by atoms with Crippen molar-refractivity contribution in [3.05, 3.63) is 139 Å². The van der Waals surface area contributed by atoms with Crippen LogP contribution >= 0.6 is 0 Å². The molecule has 2 heterocycles. The Morgan fingerprint density at radius 1 is 0.478 bits per heavy atom. The Hall–Kier alpha value is -5.54. The maximum Gasteiger partial charge on any atom is 0.138 e. The number of nitrogens with zero attached hydrogens (tertiary/aromatic N) is 1. The molecule has 9 aromatic rings. The van der Waals surface area contributed by atoms with Crippen LogP contribution in [-0.2, 0) is 0 Å². The number of anilines is 3. The van der Waals surface area contributed by atoms with Gasteiger partial charge in [-0.05, 0) is 70.8 Å². The quantitative estimate of drug-likeness (QED) is 0.203. The molecule has 3 heteroatoms. The number of hydrogen-bond acceptors (Lipinski definition) is 3. The van der Waals surface area contributed by atoms with Crippen molar-refractivity contribution in [2.45, 2.75) is 31.6 Å². The summed E-state index contributed by atoms with van der Waals surface area (Å²) in [6.07, 6.45) is 5.10. The van der Waals surface area contributed by atoms with Crippen molar-refractivity contribution >= 4 is 82.5 Å². The molecule has 0 unspecified atom stereocenters. The topological polar surface area (TPSA) is 29.5 Å². The van der Waals surface area contributed by atoms with E-state index in [1.165, 1.54) is 63.6 Å². The van der Waals surface area contributed by atoms with Gasteiger partial charge in [0.05, 0.1) is 5.69 Å². The fraction of sp³-hybridized carbons (Fsp3) is 0.116. The number of fused-ring (bicyclic) bond motifs is 10. The summed E-state index contributed by atoms with van der Waals surface area (Å²) < 4.78 is 13.4. The van der Waals surface area contributed by atoms with Gasteiger partial charge in [-0.3, -0.25) is 0 Å². The summed E-state index contributed by atoms with van der Waals surface area (Å²) in [4.78, 5) is 2.34. The zero-order chi connectivity index (χ0) is 30.2. The molecule has 0 saturated heterocycles. The van der Waals surface area contributed by atoms with Crippen LogP contribution in [0.15, 0.2) is 142 Å². The van der Waals surface area contributed by atoms with Crippen molar-refractivity contribution in [1.29, 1.82) is 0 Å². The predicted octanol–water partition coefficient (Wildman–Crippen LogP) is 12.9. The number of rotatable bonds is 4. The van der Waals surface area contributed by atoms with Gasteiger partial charge in [-0.2, -0.15) is 0 Å². The number of furan rings is 2. The maximum atomic E-state index is 6.75. The van der Waals surface area contributed by atoms with Gasteiger partial charge in [0.2, 0.25) is 0 Å². The molecule has 0 amide bonds. The normalized spacial score (nSPS) is 14.1. The van der Waals surface area contributed by atoms with Crippen molar-refractivity contribution in [3.8, 4) is 0 Å². The highest BCUT2D eigenvalue weighted by molar-refractivity contribution is 6.28. The SMILES string of the molecule is c1ccc(N(c2ccc3c(c2)oc2c(C4CCCC4)cccc23)c2cc3oc4ccc5ccccc5c4c3c3ccccc23)cc1. The molecular weight excluding hydrogens is 562 g/mol. The molecule has 10 rings (SSSR count). The lowest BCUT2D eigenvalue weighted by Crippen LogP contribution is -2.10. The smallest absolute Gasteiger partial charge is 0.138 e. The minimum atomic E-state index is 0.587. The lowest BCUT2D eigenvalue weighted by molar-refractivity contribution is 0.643. The average Bonchev–Trinajstić information content (AvgIpc) is 3.86. The molecule has 2 aromatic heterocycles. The van der Waals surface area contributed by atoms with Crippen LogP contribution < -0.4 is 4.90 Å². The molecular formula is C43H31NO2. The van der Waals surface area contributed by atoms with Crippen LogP contribution in [-0.4, -0.2) is 0 Å². The molecule has 0 radical (unpaired) electrons. The molecule has 7 aromatic carbocycles. The largest absolute Gasteiger partial charge is 0.456 e. The molecule has 1 aliphatic rings. The Labute approximate surface area is 266 Å². The van der Waals surface area contributed by atoms with Crippen molar-refractivity contribution in [1.82, 2.24) is 0 Å². The molecule has 1 saturated carbocycles. The third kappa shape index (κ3) is 3.78. The van der Waals surface area contributed by atoms with Gasteiger partial charge in [0.15, 0.2) is 0 Å². The van der Waals surface area contributed by atoms with Gasteiger partial charge in [-0.1, -0.05) is 104 Å². The number of hydrogen-bond donors (Lipinski definition) is 0. The van der Waals surface area contributed by atoms with E-state index in [0.717, 1.165) is 50.2 Å². The van der Waals surface area contributed by atoms with Gasteiger partial charge in [0.1, 0.15) is 22.3 Å². The minimum absolute atomic E-state index is 0.587. The summed E-state index contributed by atoms with van der Waals surface area (Å²) in [5, 5.41) is 9.47. The van der Waals surface area contributed by atoms with Crippen LogP contribution in [0.5, 0.6) is 0 Å². The fourth-order valence-corrected chi connectivity index (χ4v) is 8.08. The van der Waals surface area contributed by atoms with Crippen molar-refractivity contribution in [2.24, 2.45) is 0 Å². The van der Waals surface area contributed by atoms with Crippen molar-refractivity contribution in [3.63, 3.8) is 0 Å². The zero-order valence-electron chi connectivity index (χ0n) is 25.4. The first-order chi connectivity index (χ1) is 22.8. The van der Waals surface area contributed by atoms with Gasteiger partial charge in [0.25, 0.3) is 0 Å². The van der Waals surface area contributed by atoms with E-state index in [1.54, 1.807) is 0 Å². The monoisotopic (exact) mass is 593 g/mol. The third-order valence-electron chi connectivity index (χ3n) is 10.2. The van der Waals surface area contributed by atoms with Crippen LogP contribution in [0.25, 0.3) is 65.4 Å². The zero-order valence-corrected chi connectivity index (χ0v) is 25.4. The Morgan fingerprint density at radius 2 is 1.22 bits per heavy atom. The van der Waals surface area contributed by atoms with Crippen molar-refractivity contribution in [2.75, 3.05) is 4.90 Å². The first kappa shape index (κ1) is 25.8. The average molecular weight is 594 g/mol. The predicted molar refractivity (Wildman–Crippen MR) is 192 cm³/mol. The van der Waals surface area contributed by atoms with Gasteiger partial charge in [-0.15, -0.1) is 0 Å². The van der Waals surface area contributed by atoms with Crippen LogP contribution in [0.2, 0.25) is 0 Å². The Balaban J connectivity index is 1.24. The highest BCUT2D eigenvalue weighted by Crippen LogP contribution is 2.47. The first-order valence-corrected chi connectivity index (χ1v) is 16.4. The van der Waals surface area contributed by atoms with Crippen LogP contribution in [0.1, 0.15) is 37.2 Å². The van der Waals surface area contributed by atoms with Crippen LogP contribution in [0.4, 0.5) is 17.1 Å². The second-order valence-electron chi connectivity index (χ2n) is 12.7. The molecule has 0 N–H and O–H groups in total. The van der Waals surface area contributed by atoms with E-state index < -0.39 is 0 Å². The molecule has 0 atom stereocenters. The van der Waals surface area contributed by atoms with Gasteiger partial charge >= 0.3 is 0 Å². The highest BCUT2D eigenvalue weighted by atomic mass is 16.3. The number of para-hydroxylation sites is 2. The fourth-order valence-electron chi connectivity index (χ4n) is 8.08. The first-order valence-electron chi connectivity index (χ1n) is 16.4. The van der Waals surface area contributed by atoms with Gasteiger partial charge in [0, 0.05) is 50.4 Å². The molecule has 0 bridgehead atoms. The Morgan fingerprint density at radius 3 is 2.09 bits per heavy atom. The summed E-state index contributed by atoms with van der Waals surface area (Å²) in [6.45, 7) is 0. The molecule has 1 aliphatic carbocycles. The van der Waals surface area contributed by atoms with Crippen LogP contribution in [0.3, 0.4) is 0 Å². The minimum Gasteiger partial charge on any atom is -0.456 e. The Bertz CT molecular complexity index is 2600. The van der Waals surface area contributed by atoms with E-state index in [-0.39, 0.29) is 0 Å². The maximum absolute atomic E-state index is 6.75. The molecule has 1 fully saturated rings. The summed E-state index contributed by atoms with van der Waals surface area (Å²) >= 11 is 0.